The summed E-state index contributed by atoms with van der Waals surface area (Å²) in [5.74, 6) is -0.0197. The molecule has 0 aliphatic rings. The lowest BCUT2D eigenvalue weighted by atomic mass is 10.2. The zero-order chi connectivity index (χ0) is 18.2. The van der Waals surface area contributed by atoms with Gasteiger partial charge in [0, 0.05) is 12.8 Å². The highest BCUT2D eigenvalue weighted by Gasteiger charge is 2.14. The fraction of sp³-hybridized carbons (Fsp3) is 0.278. The molecule has 0 spiro atoms. The number of methoxy groups -OCH3 is 1. The van der Waals surface area contributed by atoms with Crippen molar-refractivity contribution in [3.63, 3.8) is 0 Å². The molecule has 0 aliphatic carbocycles. The first-order valence-electron chi connectivity index (χ1n) is 7.74. The van der Waals surface area contributed by atoms with Gasteiger partial charge in [0.2, 0.25) is 5.91 Å². The van der Waals surface area contributed by atoms with Gasteiger partial charge in [0.05, 0.1) is 17.3 Å². The summed E-state index contributed by atoms with van der Waals surface area (Å²) in [6.07, 6.45) is 0. The predicted octanol–water partition coefficient (Wildman–Crippen LogP) is 3.94. The summed E-state index contributed by atoms with van der Waals surface area (Å²) in [6, 6.07) is 10.5. The molecule has 0 aromatic heterocycles. The molecule has 0 fully saturated rings. The Balaban J connectivity index is 1.89. The number of halogens is 2. The van der Waals surface area contributed by atoms with Crippen LogP contribution in [0.3, 0.4) is 0 Å². The van der Waals surface area contributed by atoms with Gasteiger partial charge in [0.25, 0.3) is 0 Å². The predicted molar refractivity (Wildman–Crippen MR) is 96.9 cm³/mol. The quantitative estimate of drug-likeness (QED) is 0.695. The summed E-state index contributed by atoms with van der Waals surface area (Å²) in [7, 11) is 1.61. The van der Waals surface area contributed by atoms with Gasteiger partial charge >= 0.3 is 0 Å². The number of ether oxygens (including phenoxy) is 2. The Morgan fingerprint density at radius 2 is 1.92 bits per heavy atom. The molecule has 0 saturated carbocycles. The number of rotatable bonds is 8. The standard InChI is InChI=1S/C18H20ClFN2O3/c1-12(18(23)22-17-8-3-13(20)11-16(17)19)21-14-4-6-15(7-5-14)25-10-9-24-2/h3-8,11-12,21H,9-10H2,1-2H3,(H,22,23). The van der Waals surface area contributed by atoms with E-state index in [4.69, 9.17) is 21.1 Å². The molecule has 1 unspecified atom stereocenters. The van der Waals surface area contributed by atoms with Crippen LogP contribution in [0, 0.1) is 5.82 Å². The monoisotopic (exact) mass is 366 g/mol. The van der Waals surface area contributed by atoms with Crippen LogP contribution in [0.15, 0.2) is 42.5 Å². The van der Waals surface area contributed by atoms with Gasteiger partial charge in [-0.2, -0.15) is 0 Å². The van der Waals surface area contributed by atoms with Gasteiger partial charge in [0.15, 0.2) is 0 Å². The lowest BCUT2D eigenvalue weighted by Crippen LogP contribution is -2.31. The van der Waals surface area contributed by atoms with E-state index in [2.05, 4.69) is 10.6 Å². The van der Waals surface area contributed by atoms with E-state index in [9.17, 15) is 9.18 Å². The van der Waals surface area contributed by atoms with Crippen molar-refractivity contribution < 1.29 is 18.7 Å². The third-order valence-electron chi connectivity index (χ3n) is 3.38. The minimum Gasteiger partial charge on any atom is -0.491 e. The lowest BCUT2D eigenvalue weighted by Gasteiger charge is -2.16. The van der Waals surface area contributed by atoms with E-state index < -0.39 is 11.9 Å². The number of carbonyl (C=O) groups excluding carboxylic acids is 1. The molecule has 0 heterocycles. The van der Waals surface area contributed by atoms with Crippen molar-refractivity contribution in [3.8, 4) is 5.75 Å². The third kappa shape index (κ3) is 5.92. The van der Waals surface area contributed by atoms with E-state index in [1.165, 1.54) is 12.1 Å². The Labute approximate surface area is 151 Å². The molecular formula is C18H20ClFN2O3. The van der Waals surface area contributed by atoms with E-state index in [1.54, 1.807) is 26.2 Å². The summed E-state index contributed by atoms with van der Waals surface area (Å²) in [5, 5.41) is 5.89. The maximum atomic E-state index is 13.0. The first-order chi connectivity index (χ1) is 12.0. The summed E-state index contributed by atoms with van der Waals surface area (Å²) >= 11 is 5.91. The van der Waals surface area contributed by atoms with Crippen LogP contribution >= 0.6 is 11.6 Å². The second-order valence-electron chi connectivity index (χ2n) is 5.35. The zero-order valence-corrected chi connectivity index (χ0v) is 14.8. The fourth-order valence-electron chi connectivity index (χ4n) is 2.04. The average Bonchev–Trinajstić information content (AvgIpc) is 2.59. The maximum absolute atomic E-state index is 13.0. The Morgan fingerprint density at radius 3 is 2.56 bits per heavy atom. The van der Waals surface area contributed by atoms with Crippen LogP contribution < -0.4 is 15.4 Å². The van der Waals surface area contributed by atoms with E-state index in [1.807, 2.05) is 12.1 Å². The topological polar surface area (TPSA) is 59.6 Å². The molecule has 1 amide bonds. The molecule has 0 bridgehead atoms. The lowest BCUT2D eigenvalue weighted by molar-refractivity contribution is -0.116. The van der Waals surface area contributed by atoms with Crippen LogP contribution in [0.4, 0.5) is 15.8 Å². The number of hydrogen-bond acceptors (Lipinski definition) is 4. The highest BCUT2D eigenvalue weighted by molar-refractivity contribution is 6.33. The molecule has 2 aromatic carbocycles. The minimum atomic E-state index is -0.513. The van der Waals surface area contributed by atoms with Crippen LogP contribution in [0.2, 0.25) is 5.02 Å². The van der Waals surface area contributed by atoms with Crippen molar-refractivity contribution in [1.82, 2.24) is 0 Å². The van der Waals surface area contributed by atoms with E-state index in [-0.39, 0.29) is 10.9 Å². The molecule has 2 aromatic rings. The maximum Gasteiger partial charge on any atom is 0.246 e. The number of carbonyl (C=O) groups is 1. The molecule has 0 radical (unpaired) electrons. The summed E-state index contributed by atoms with van der Waals surface area (Å²) in [5.41, 5.74) is 1.13. The van der Waals surface area contributed by atoms with Crippen molar-refractivity contribution >= 4 is 28.9 Å². The molecule has 7 heteroatoms. The molecule has 134 valence electrons. The molecule has 2 rings (SSSR count). The van der Waals surface area contributed by atoms with Gasteiger partial charge in [-0.3, -0.25) is 4.79 Å². The Kier molecular flexibility index (Phi) is 7.03. The van der Waals surface area contributed by atoms with Crippen LogP contribution in [0.25, 0.3) is 0 Å². The number of anilines is 2. The number of amides is 1. The van der Waals surface area contributed by atoms with Gasteiger partial charge in [-0.25, -0.2) is 4.39 Å². The molecule has 1 atom stereocenters. The second-order valence-corrected chi connectivity index (χ2v) is 5.75. The van der Waals surface area contributed by atoms with Crippen LogP contribution in [0.1, 0.15) is 6.92 Å². The van der Waals surface area contributed by atoms with Gasteiger partial charge in [-0.15, -0.1) is 0 Å². The van der Waals surface area contributed by atoms with Crippen LogP contribution in [-0.4, -0.2) is 32.3 Å². The van der Waals surface area contributed by atoms with E-state index in [0.717, 1.165) is 17.5 Å². The summed E-state index contributed by atoms with van der Waals surface area (Å²) in [4.78, 5) is 12.2. The van der Waals surface area contributed by atoms with Crippen LogP contribution in [0.5, 0.6) is 5.75 Å². The molecular weight excluding hydrogens is 347 g/mol. The Morgan fingerprint density at radius 1 is 1.20 bits per heavy atom. The zero-order valence-electron chi connectivity index (χ0n) is 14.0. The molecule has 5 nitrogen and oxygen atoms in total. The molecule has 25 heavy (non-hydrogen) atoms. The van der Waals surface area contributed by atoms with Crippen molar-refractivity contribution in [3.05, 3.63) is 53.3 Å². The Bertz CT molecular complexity index is 710. The summed E-state index contributed by atoms with van der Waals surface area (Å²) < 4.78 is 23.4. The van der Waals surface area contributed by atoms with E-state index in [0.29, 0.717) is 18.9 Å². The average molecular weight is 367 g/mol. The Hall–Kier alpha value is -2.31. The largest absolute Gasteiger partial charge is 0.491 e. The van der Waals surface area contributed by atoms with Crippen molar-refractivity contribution in [2.75, 3.05) is 31.0 Å². The fourth-order valence-corrected chi connectivity index (χ4v) is 2.25. The second kappa shape index (κ2) is 9.25. The third-order valence-corrected chi connectivity index (χ3v) is 3.69. The van der Waals surface area contributed by atoms with Crippen LogP contribution in [-0.2, 0) is 9.53 Å². The van der Waals surface area contributed by atoms with Crippen molar-refractivity contribution in [1.29, 1.82) is 0 Å². The number of hydrogen-bond donors (Lipinski definition) is 2. The first-order valence-corrected chi connectivity index (χ1v) is 8.11. The highest BCUT2D eigenvalue weighted by atomic mass is 35.5. The number of benzene rings is 2. The highest BCUT2D eigenvalue weighted by Crippen LogP contribution is 2.23. The SMILES string of the molecule is COCCOc1ccc(NC(C)C(=O)Nc2ccc(F)cc2Cl)cc1. The molecule has 0 saturated heterocycles. The van der Waals surface area contributed by atoms with Crippen molar-refractivity contribution in [2.45, 2.75) is 13.0 Å². The van der Waals surface area contributed by atoms with Gasteiger partial charge in [0.1, 0.15) is 24.2 Å². The molecule has 0 aliphatic heterocycles. The smallest absolute Gasteiger partial charge is 0.246 e. The van der Waals surface area contributed by atoms with Gasteiger partial charge in [-0.05, 0) is 49.4 Å². The summed E-state index contributed by atoms with van der Waals surface area (Å²) in [6.45, 7) is 2.71. The van der Waals surface area contributed by atoms with Crippen molar-refractivity contribution in [2.24, 2.45) is 0 Å². The number of nitrogens with one attached hydrogen (secondary N) is 2. The van der Waals surface area contributed by atoms with Gasteiger partial charge in [-0.1, -0.05) is 11.6 Å². The molecule has 2 N–H and O–H groups in total. The van der Waals surface area contributed by atoms with E-state index >= 15 is 0 Å². The first kappa shape index (κ1) is 19.0. The van der Waals surface area contributed by atoms with Gasteiger partial charge < -0.3 is 20.1 Å². The minimum absolute atomic E-state index is 0.151. The normalized spacial score (nSPS) is 11.7.